The third-order valence-electron chi connectivity index (χ3n) is 2.36. The summed E-state index contributed by atoms with van der Waals surface area (Å²) < 4.78 is 30.5. The quantitative estimate of drug-likeness (QED) is 0.450. The van der Waals surface area contributed by atoms with Gasteiger partial charge < -0.3 is 9.66 Å². The molecule has 1 N–H and O–H groups in total. The Morgan fingerprint density at radius 2 is 1.86 bits per heavy atom. The predicted molar refractivity (Wildman–Crippen MR) is 81.5 cm³/mol. The summed E-state index contributed by atoms with van der Waals surface area (Å²) in [5, 5.41) is 8.95. The van der Waals surface area contributed by atoms with Crippen LogP contribution in [0.4, 0.5) is 0 Å². The number of carbonyl (C=O) groups is 1. The first-order valence-corrected chi connectivity index (χ1v) is 7.83. The van der Waals surface area contributed by atoms with Crippen LogP contribution in [0.1, 0.15) is 31.7 Å². The molecular weight excluding hydrogens is 315 g/mol. The Hall–Kier alpha value is -0.920. The smallest absolute Gasteiger partial charge is 0.744 e. The molecule has 0 aliphatic carbocycles. The molecule has 0 heterocycles. The maximum absolute atomic E-state index is 10.2. The summed E-state index contributed by atoms with van der Waals surface area (Å²) in [6, 6.07) is 8.75. The molecule has 22 heavy (non-hydrogen) atoms. The van der Waals surface area contributed by atoms with Crippen LogP contribution < -0.4 is 29.6 Å². The van der Waals surface area contributed by atoms with Crippen LogP contribution in [0, 0.1) is 0 Å². The fourth-order valence-corrected chi connectivity index (χ4v) is 1.55. The second-order valence-corrected chi connectivity index (χ2v) is 5.48. The monoisotopic (exact) mass is 334 g/mol. The number of unbranched alkanes of at least 4 members (excludes halogenated alkanes) is 1. The zero-order valence-corrected chi connectivity index (χ0v) is 15.7. The van der Waals surface area contributed by atoms with Gasteiger partial charge in [-0.2, -0.15) is 0 Å². The molecule has 1 rings (SSSR count). The van der Waals surface area contributed by atoms with Crippen LogP contribution in [0.5, 0.6) is 0 Å². The molecule has 7 heteroatoms. The number of rotatable bonds is 6. The fourth-order valence-electron chi connectivity index (χ4n) is 1.22. The zero-order valence-electron chi connectivity index (χ0n) is 12.9. The van der Waals surface area contributed by atoms with Gasteiger partial charge >= 0.3 is 35.5 Å². The van der Waals surface area contributed by atoms with Gasteiger partial charge in [-0.25, -0.2) is 13.2 Å². The molecule has 0 spiro atoms. The van der Waals surface area contributed by atoms with E-state index in [1.807, 2.05) is 13.0 Å². The molecule has 0 atom stereocenters. The molecule has 0 aliphatic heterocycles. The van der Waals surface area contributed by atoms with E-state index < -0.39 is 16.1 Å². The first kappa shape index (κ1) is 23.3. The van der Waals surface area contributed by atoms with Gasteiger partial charge in [-0.05, 0) is 24.5 Å². The molecule has 0 amide bonds. The van der Waals surface area contributed by atoms with E-state index in [-0.39, 0.29) is 29.6 Å². The second kappa shape index (κ2) is 12.6. The molecule has 1 aromatic carbocycles. The van der Waals surface area contributed by atoms with Gasteiger partial charge in [0.2, 0.25) is 0 Å². The van der Waals surface area contributed by atoms with E-state index in [9.17, 15) is 17.8 Å². The maximum Gasteiger partial charge on any atom is 1.00 e. The summed E-state index contributed by atoms with van der Waals surface area (Å²) in [5.74, 6) is -0.872. The van der Waals surface area contributed by atoms with Crippen LogP contribution in [0.15, 0.2) is 47.9 Å². The Kier molecular flexibility index (Phi) is 13.4. The molecule has 0 fully saturated rings. The maximum atomic E-state index is 10.2. The van der Waals surface area contributed by atoms with Crippen LogP contribution in [0.25, 0.3) is 6.08 Å². The van der Waals surface area contributed by atoms with Crippen molar-refractivity contribution in [2.45, 2.75) is 26.2 Å². The molecule has 0 radical (unpaired) electrons. The number of aliphatic carboxylic acids is 1. The predicted octanol–water partition coefficient (Wildman–Crippen LogP) is 0.0239. The van der Waals surface area contributed by atoms with Crippen LogP contribution in [0.2, 0.25) is 0 Å². The van der Waals surface area contributed by atoms with Crippen LogP contribution in [-0.4, -0.2) is 24.0 Å². The number of hydrogen-bond acceptors (Lipinski definition) is 4. The third-order valence-corrected chi connectivity index (χ3v) is 2.83. The SMILES string of the molecule is C=C(CCCC)C(=O)O.O=S(=O)([O-])C=Cc1ccccc1.[Na+]. The van der Waals surface area contributed by atoms with Crippen LogP contribution >= 0.6 is 0 Å². The van der Waals surface area contributed by atoms with Gasteiger partial charge in [-0.15, -0.1) is 0 Å². The minimum atomic E-state index is -4.25. The molecule has 0 aliphatic rings. The van der Waals surface area contributed by atoms with Crippen LogP contribution in [-0.2, 0) is 14.9 Å². The summed E-state index contributed by atoms with van der Waals surface area (Å²) >= 11 is 0. The van der Waals surface area contributed by atoms with Crippen molar-refractivity contribution in [1.29, 1.82) is 0 Å². The van der Waals surface area contributed by atoms with Gasteiger partial charge in [-0.3, -0.25) is 0 Å². The van der Waals surface area contributed by atoms with Crippen molar-refractivity contribution in [3.8, 4) is 0 Å². The van der Waals surface area contributed by atoms with Crippen LogP contribution in [0.3, 0.4) is 0 Å². The van der Waals surface area contributed by atoms with E-state index in [1.165, 1.54) is 6.08 Å². The van der Waals surface area contributed by atoms with E-state index in [4.69, 9.17) is 5.11 Å². The normalized spacial score (nSPS) is 10.3. The Balaban J connectivity index is 0. The molecular formula is C15H19NaO5S. The molecule has 116 valence electrons. The van der Waals surface area contributed by atoms with Crippen molar-refractivity contribution >= 4 is 22.2 Å². The number of carboxylic acids is 1. The zero-order chi connectivity index (χ0) is 16.3. The van der Waals surface area contributed by atoms with Crippen molar-refractivity contribution in [3.05, 3.63) is 53.5 Å². The van der Waals surface area contributed by atoms with Crippen molar-refractivity contribution in [2.24, 2.45) is 0 Å². The minimum Gasteiger partial charge on any atom is -0.744 e. The Morgan fingerprint density at radius 3 is 2.27 bits per heavy atom. The summed E-state index contributed by atoms with van der Waals surface area (Å²) in [6.07, 6.45) is 3.82. The molecule has 0 bridgehead atoms. The molecule has 0 saturated carbocycles. The second-order valence-electron chi connectivity index (χ2n) is 4.22. The van der Waals surface area contributed by atoms with Gasteiger partial charge in [0.25, 0.3) is 0 Å². The summed E-state index contributed by atoms with van der Waals surface area (Å²) in [7, 11) is -4.25. The Morgan fingerprint density at radius 1 is 1.32 bits per heavy atom. The first-order valence-electron chi connectivity index (χ1n) is 6.36. The molecule has 5 nitrogen and oxygen atoms in total. The average Bonchev–Trinajstić information content (AvgIpc) is 2.43. The average molecular weight is 334 g/mol. The van der Waals surface area contributed by atoms with Gasteiger partial charge in [0, 0.05) is 11.0 Å². The number of carboxylic acid groups (broad SMARTS) is 1. The van der Waals surface area contributed by atoms with E-state index >= 15 is 0 Å². The largest absolute Gasteiger partial charge is 1.00 e. The van der Waals surface area contributed by atoms with Gasteiger partial charge in [0.1, 0.15) is 10.1 Å². The molecule has 0 saturated heterocycles. The van der Waals surface area contributed by atoms with Crippen molar-refractivity contribution in [2.75, 3.05) is 0 Å². The van der Waals surface area contributed by atoms with E-state index in [2.05, 4.69) is 6.58 Å². The molecule has 0 unspecified atom stereocenters. The molecule has 0 aromatic heterocycles. The fraction of sp³-hybridized carbons (Fsp3) is 0.267. The Labute approximate surface area is 153 Å². The first-order chi connectivity index (χ1) is 9.76. The Bertz CT molecular complexity index is 579. The summed E-state index contributed by atoms with van der Waals surface area (Å²) in [6.45, 7) is 5.42. The molecule has 1 aromatic rings. The number of benzene rings is 1. The van der Waals surface area contributed by atoms with E-state index in [0.717, 1.165) is 12.8 Å². The van der Waals surface area contributed by atoms with E-state index in [0.29, 0.717) is 23.0 Å². The van der Waals surface area contributed by atoms with Gasteiger partial charge in [0.05, 0.1) is 0 Å². The number of hydrogen-bond donors (Lipinski definition) is 1. The van der Waals surface area contributed by atoms with Crippen molar-refractivity contribution < 1.29 is 52.4 Å². The minimum absolute atomic E-state index is 0. The third kappa shape index (κ3) is 14.0. The standard InChI is InChI=1S/C8H8O3S.C7H12O2.Na/c9-12(10,11)7-6-8-4-2-1-3-5-8;1-3-4-5-6(2)7(8)9;/h1-7H,(H,9,10,11);2-5H2,1H3,(H,8,9);/q;;+1/p-1. The van der Waals surface area contributed by atoms with Crippen molar-refractivity contribution in [1.82, 2.24) is 0 Å². The summed E-state index contributed by atoms with van der Waals surface area (Å²) in [5.41, 5.74) is 1.01. The van der Waals surface area contributed by atoms with Gasteiger partial charge in [-0.1, -0.05) is 50.3 Å². The summed E-state index contributed by atoms with van der Waals surface area (Å²) in [4.78, 5) is 10.1. The van der Waals surface area contributed by atoms with Gasteiger partial charge in [0.15, 0.2) is 0 Å². The van der Waals surface area contributed by atoms with E-state index in [1.54, 1.807) is 24.3 Å². The topological polar surface area (TPSA) is 94.5 Å². The van der Waals surface area contributed by atoms with Crippen molar-refractivity contribution in [3.63, 3.8) is 0 Å².